The summed E-state index contributed by atoms with van der Waals surface area (Å²) >= 11 is 0. The van der Waals surface area contributed by atoms with Crippen molar-refractivity contribution in [2.45, 2.75) is 6.54 Å². The number of aromatic hydroxyl groups is 1. The van der Waals surface area contributed by atoms with Crippen molar-refractivity contribution in [1.82, 2.24) is 9.80 Å². The van der Waals surface area contributed by atoms with Crippen molar-refractivity contribution >= 4 is 5.91 Å². The Hall–Kier alpha value is -2.40. The van der Waals surface area contributed by atoms with E-state index in [0.717, 1.165) is 25.2 Å². The van der Waals surface area contributed by atoms with Crippen LogP contribution < -0.4 is 0 Å². The Morgan fingerprint density at radius 3 is 2.17 bits per heavy atom. The maximum atomic E-state index is 12.9. The molecule has 2 aromatic rings. The lowest BCUT2D eigenvalue weighted by Gasteiger charge is -2.34. The van der Waals surface area contributed by atoms with E-state index in [9.17, 15) is 14.3 Å². The first-order valence-electron chi connectivity index (χ1n) is 7.67. The SMILES string of the molecule is O=C(c1ccc(O)cc1)N1CCN(Cc2ccc(F)cc2)CC1. The minimum absolute atomic E-state index is 0.00793. The van der Waals surface area contributed by atoms with Crippen LogP contribution in [-0.2, 0) is 6.54 Å². The molecule has 0 atom stereocenters. The van der Waals surface area contributed by atoms with E-state index in [0.29, 0.717) is 18.7 Å². The van der Waals surface area contributed by atoms with Crippen molar-refractivity contribution in [2.24, 2.45) is 0 Å². The van der Waals surface area contributed by atoms with E-state index in [-0.39, 0.29) is 17.5 Å². The first-order valence-corrected chi connectivity index (χ1v) is 7.67. The van der Waals surface area contributed by atoms with E-state index in [4.69, 9.17) is 0 Å². The maximum absolute atomic E-state index is 12.9. The Labute approximate surface area is 134 Å². The minimum atomic E-state index is -0.224. The molecule has 23 heavy (non-hydrogen) atoms. The summed E-state index contributed by atoms with van der Waals surface area (Å²) in [4.78, 5) is 16.5. The Kier molecular flexibility index (Phi) is 4.57. The van der Waals surface area contributed by atoms with Gasteiger partial charge in [0.2, 0.25) is 0 Å². The summed E-state index contributed by atoms with van der Waals surface area (Å²) in [5.74, 6) is -0.0739. The van der Waals surface area contributed by atoms with Crippen LogP contribution in [0.5, 0.6) is 5.75 Å². The maximum Gasteiger partial charge on any atom is 0.253 e. The number of phenols is 1. The number of benzene rings is 2. The summed E-state index contributed by atoms with van der Waals surface area (Å²) in [5.41, 5.74) is 1.67. The molecule has 1 fully saturated rings. The fourth-order valence-corrected chi connectivity index (χ4v) is 2.74. The zero-order valence-corrected chi connectivity index (χ0v) is 12.8. The number of rotatable bonds is 3. The molecule has 5 heteroatoms. The van der Waals surface area contributed by atoms with E-state index in [1.807, 2.05) is 4.90 Å². The zero-order valence-electron chi connectivity index (χ0n) is 12.8. The molecule has 1 aliphatic heterocycles. The van der Waals surface area contributed by atoms with Crippen molar-refractivity contribution in [3.8, 4) is 5.75 Å². The van der Waals surface area contributed by atoms with E-state index in [1.165, 1.54) is 24.3 Å². The van der Waals surface area contributed by atoms with Crippen molar-refractivity contribution in [3.05, 3.63) is 65.5 Å². The highest BCUT2D eigenvalue weighted by atomic mass is 19.1. The van der Waals surface area contributed by atoms with Gasteiger partial charge in [-0.05, 0) is 42.0 Å². The standard InChI is InChI=1S/C18H19FN2O2/c19-16-5-1-14(2-6-16)13-20-9-11-21(12-10-20)18(23)15-3-7-17(22)8-4-15/h1-8,22H,9-13H2. The van der Waals surface area contributed by atoms with Crippen molar-refractivity contribution in [2.75, 3.05) is 26.2 Å². The molecule has 0 spiro atoms. The molecule has 1 amide bonds. The number of hydrogen-bond donors (Lipinski definition) is 1. The molecule has 0 aliphatic carbocycles. The number of piperazine rings is 1. The normalized spacial score (nSPS) is 15.6. The van der Waals surface area contributed by atoms with Crippen LogP contribution in [0.2, 0.25) is 0 Å². The number of carbonyl (C=O) groups is 1. The summed E-state index contributed by atoms with van der Waals surface area (Å²) in [7, 11) is 0. The molecular formula is C18H19FN2O2. The Bertz CT molecular complexity index is 662. The van der Waals surface area contributed by atoms with E-state index < -0.39 is 0 Å². The molecule has 0 aromatic heterocycles. The van der Waals surface area contributed by atoms with Gasteiger partial charge in [-0.25, -0.2) is 4.39 Å². The smallest absolute Gasteiger partial charge is 0.253 e. The summed E-state index contributed by atoms with van der Waals surface area (Å²) in [6.45, 7) is 3.69. The van der Waals surface area contributed by atoms with Crippen LogP contribution in [0.15, 0.2) is 48.5 Å². The fraction of sp³-hybridized carbons (Fsp3) is 0.278. The van der Waals surface area contributed by atoms with Crippen molar-refractivity contribution in [1.29, 1.82) is 0 Å². The highest BCUT2D eigenvalue weighted by molar-refractivity contribution is 5.94. The van der Waals surface area contributed by atoms with Crippen LogP contribution in [-0.4, -0.2) is 47.0 Å². The van der Waals surface area contributed by atoms with Crippen LogP contribution in [0.25, 0.3) is 0 Å². The molecule has 0 radical (unpaired) electrons. The largest absolute Gasteiger partial charge is 0.508 e. The predicted octanol–water partition coefficient (Wildman–Crippen LogP) is 2.49. The first kappa shape index (κ1) is 15.5. The molecular weight excluding hydrogens is 295 g/mol. The third kappa shape index (κ3) is 3.87. The van der Waals surface area contributed by atoms with E-state index >= 15 is 0 Å². The zero-order chi connectivity index (χ0) is 16.2. The van der Waals surface area contributed by atoms with Gasteiger partial charge in [-0.2, -0.15) is 0 Å². The Morgan fingerprint density at radius 1 is 0.957 bits per heavy atom. The van der Waals surface area contributed by atoms with E-state index in [2.05, 4.69) is 4.90 Å². The number of hydrogen-bond acceptors (Lipinski definition) is 3. The molecule has 3 rings (SSSR count). The van der Waals surface area contributed by atoms with Crippen LogP contribution in [0, 0.1) is 5.82 Å². The van der Waals surface area contributed by atoms with Gasteiger partial charge in [0.05, 0.1) is 0 Å². The van der Waals surface area contributed by atoms with Crippen LogP contribution >= 0.6 is 0 Å². The van der Waals surface area contributed by atoms with E-state index in [1.54, 1.807) is 24.3 Å². The fourth-order valence-electron chi connectivity index (χ4n) is 2.74. The highest BCUT2D eigenvalue weighted by Gasteiger charge is 2.22. The quantitative estimate of drug-likeness (QED) is 0.946. The number of nitrogens with zero attached hydrogens (tertiary/aromatic N) is 2. The lowest BCUT2D eigenvalue weighted by molar-refractivity contribution is 0.0628. The Balaban J connectivity index is 1.54. The molecule has 1 N–H and O–H groups in total. The minimum Gasteiger partial charge on any atom is -0.508 e. The molecule has 0 saturated carbocycles. The van der Waals surface area contributed by atoms with Crippen molar-refractivity contribution in [3.63, 3.8) is 0 Å². The van der Waals surface area contributed by atoms with Gasteiger partial charge in [-0.1, -0.05) is 12.1 Å². The number of halogens is 1. The van der Waals surface area contributed by atoms with Crippen molar-refractivity contribution < 1.29 is 14.3 Å². The lowest BCUT2D eigenvalue weighted by Crippen LogP contribution is -2.48. The van der Waals surface area contributed by atoms with Crippen LogP contribution in [0.3, 0.4) is 0 Å². The van der Waals surface area contributed by atoms with Gasteiger partial charge < -0.3 is 10.0 Å². The molecule has 120 valence electrons. The van der Waals surface area contributed by atoms with Gasteiger partial charge in [0, 0.05) is 38.3 Å². The predicted molar refractivity (Wildman–Crippen MR) is 85.7 cm³/mol. The van der Waals surface area contributed by atoms with Gasteiger partial charge in [-0.15, -0.1) is 0 Å². The molecule has 4 nitrogen and oxygen atoms in total. The summed E-state index contributed by atoms with van der Waals surface area (Å²) < 4.78 is 12.9. The highest BCUT2D eigenvalue weighted by Crippen LogP contribution is 2.14. The topological polar surface area (TPSA) is 43.8 Å². The lowest BCUT2D eigenvalue weighted by atomic mass is 10.1. The molecule has 1 aliphatic rings. The summed E-state index contributed by atoms with van der Waals surface area (Å²) in [6, 6.07) is 12.9. The van der Waals surface area contributed by atoms with Gasteiger partial charge in [0.25, 0.3) is 5.91 Å². The van der Waals surface area contributed by atoms with Gasteiger partial charge in [0.1, 0.15) is 11.6 Å². The van der Waals surface area contributed by atoms with Gasteiger partial charge >= 0.3 is 0 Å². The molecule has 0 unspecified atom stereocenters. The van der Waals surface area contributed by atoms with Crippen LogP contribution in [0.4, 0.5) is 4.39 Å². The summed E-state index contributed by atoms with van der Waals surface area (Å²) in [6.07, 6.45) is 0. The molecule has 1 saturated heterocycles. The summed E-state index contributed by atoms with van der Waals surface area (Å²) in [5, 5.41) is 9.29. The van der Waals surface area contributed by atoms with Gasteiger partial charge in [-0.3, -0.25) is 9.69 Å². The molecule has 0 bridgehead atoms. The second kappa shape index (κ2) is 6.79. The average molecular weight is 314 g/mol. The average Bonchev–Trinajstić information content (AvgIpc) is 2.58. The van der Waals surface area contributed by atoms with Crippen LogP contribution in [0.1, 0.15) is 15.9 Å². The monoisotopic (exact) mass is 314 g/mol. The number of phenolic OH excluding ortho intramolecular Hbond substituents is 1. The molecule has 1 heterocycles. The second-order valence-corrected chi connectivity index (χ2v) is 5.74. The molecule has 2 aromatic carbocycles. The van der Waals surface area contributed by atoms with Gasteiger partial charge in [0.15, 0.2) is 0 Å². The Morgan fingerprint density at radius 2 is 1.57 bits per heavy atom. The third-order valence-electron chi connectivity index (χ3n) is 4.09. The first-order chi connectivity index (χ1) is 11.1. The number of amides is 1. The third-order valence-corrected chi connectivity index (χ3v) is 4.09. The number of carbonyl (C=O) groups excluding carboxylic acids is 1. The second-order valence-electron chi connectivity index (χ2n) is 5.74.